The minimum atomic E-state index is -1.01. The van der Waals surface area contributed by atoms with E-state index >= 15 is 0 Å². The highest BCUT2D eigenvalue weighted by molar-refractivity contribution is 9.10. The molecular weight excluding hydrogens is 590 g/mol. The first kappa shape index (κ1) is 28.3. The highest BCUT2D eigenvalue weighted by Gasteiger charge is 2.34. The lowest BCUT2D eigenvalue weighted by Gasteiger charge is -2.25. The van der Waals surface area contributed by atoms with E-state index in [0.29, 0.717) is 35.8 Å². The zero-order valence-electron chi connectivity index (χ0n) is 21.0. The van der Waals surface area contributed by atoms with Crippen molar-refractivity contribution in [3.8, 4) is 11.5 Å². The molecule has 11 heteroatoms. The second-order valence-corrected chi connectivity index (χ2v) is 10.4. The van der Waals surface area contributed by atoms with Crippen molar-refractivity contribution in [2.24, 2.45) is 0 Å². The van der Waals surface area contributed by atoms with E-state index < -0.39 is 12.0 Å². The Balaban J connectivity index is 1.37. The van der Waals surface area contributed by atoms with Gasteiger partial charge in [-0.15, -0.1) is 11.6 Å². The van der Waals surface area contributed by atoms with Crippen LogP contribution in [0.2, 0.25) is 0 Å². The van der Waals surface area contributed by atoms with Crippen LogP contribution >= 0.6 is 27.5 Å². The molecule has 4 rings (SSSR count). The van der Waals surface area contributed by atoms with Gasteiger partial charge in [0.05, 0.1) is 41.9 Å². The summed E-state index contributed by atoms with van der Waals surface area (Å²) in [6.45, 7) is 0.637. The average Bonchev–Trinajstić information content (AvgIpc) is 3.30. The SMILES string of the molecule is COc1cc(CC(=O)N2C[C@@H](Cl)C[C@H]2COc2ccc(C(=O)O)cc2)ccc1NC(=O)Nc1ccccc1Br. The third kappa shape index (κ3) is 7.42. The topological polar surface area (TPSA) is 117 Å². The zero-order chi connectivity index (χ0) is 27.9. The predicted molar refractivity (Wildman–Crippen MR) is 152 cm³/mol. The number of benzene rings is 3. The van der Waals surface area contributed by atoms with E-state index in [1.165, 1.54) is 19.2 Å². The number of rotatable bonds is 9. The second-order valence-electron chi connectivity index (χ2n) is 8.94. The monoisotopic (exact) mass is 615 g/mol. The molecule has 1 aliphatic heterocycles. The summed E-state index contributed by atoms with van der Waals surface area (Å²) in [6.07, 6.45) is 0.701. The van der Waals surface area contributed by atoms with Gasteiger partial charge in [0.1, 0.15) is 18.1 Å². The molecule has 0 spiro atoms. The number of aromatic carboxylic acids is 1. The number of methoxy groups -OCH3 is 1. The standard InChI is InChI=1S/C28H27BrClN3O6/c1-38-25-12-17(6-11-24(25)32-28(37)31-23-5-3-2-4-22(23)29)13-26(34)33-15-19(30)14-20(33)16-39-21-9-7-18(8-10-21)27(35)36/h2-12,19-20H,13-16H2,1H3,(H,35,36)(H2,31,32,37)/t19-,20-/m0/s1. The molecule has 204 valence electrons. The van der Waals surface area contributed by atoms with Gasteiger partial charge in [-0.3, -0.25) is 4.79 Å². The molecule has 0 bridgehead atoms. The van der Waals surface area contributed by atoms with E-state index in [1.807, 2.05) is 18.2 Å². The molecule has 3 amide bonds. The number of carbonyl (C=O) groups excluding carboxylic acids is 2. The third-order valence-electron chi connectivity index (χ3n) is 6.22. The van der Waals surface area contributed by atoms with Crippen molar-refractivity contribution in [1.82, 2.24) is 4.90 Å². The Morgan fingerprint density at radius 3 is 2.46 bits per heavy atom. The number of alkyl halides is 1. The lowest BCUT2D eigenvalue weighted by atomic mass is 10.1. The molecule has 3 N–H and O–H groups in total. The number of hydrogen-bond acceptors (Lipinski definition) is 5. The van der Waals surface area contributed by atoms with E-state index in [1.54, 1.807) is 41.3 Å². The Morgan fingerprint density at radius 2 is 1.77 bits per heavy atom. The van der Waals surface area contributed by atoms with Crippen LogP contribution in [-0.4, -0.2) is 59.6 Å². The molecule has 1 fully saturated rings. The van der Waals surface area contributed by atoms with Crippen molar-refractivity contribution in [2.45, 2.75) is 24.3 Å². The quantitative estimate of drug-likeness (QED) is 0.268. The van der Waals surface area contributed by atoms with Crippen molar-refractivity contribution in [2.75, 3.05) is 30.9 Å². The molecule has 1 aliphatic rings. The predicted octanol–water partition coefficient (Wildman–Crippen LogP) is 5.63. The van der Waals surface area contributed by atoms with Crippen LogP contribution in [0.4, 0.5) is 16.2 Å². The maximum atomic E-state index is 13.2. The van der Waals surface area contributed by atoms with Crippen LogP contribution in [0.15, 0.2) is 71.2 Å². The number of carbonyl (C=O) groups is 3. The molecule has 3 aromatic rings. The molecule has 1 saturated heterocycles. The number of carboxylic acids is 1. The summed E-state index contributed by atoms with van der Waals surface area (Å²) in [7, 11) is 1.49. The summed E-state index contributed by atoms with van der Waals surface area (Å²) < 4.78 is 12.0. The summed E-state index contributed by atoms with van der Waals surface area (Å²) in [6, 6.07) is 17.9. The molecule has 0 unspecified atom stereocenters. The number of likely N-dealkylation sites (tertiary alicyclic amines) is 1. The molecule has 39 heavy (non-hydrogen) atoms. The van der Waals surface area contributed by atoms with Gasteiger partial charge in [0.2, 0.25) is 5.91 Å². The average molecular weight is 617 g/mol. The normalized spacial score (nSPS) is 16.4. The van der Waals surface area contributed by atoms with Gasteiger partial charge >= 0.3 is 12.0 Å². The van der Waals surface area contributed by atoms with Crippen molar-refractivity contribution < 1.29 is 29.0 Å². The number of hydrogen-bond donors (Lipinski definition) is 3. The molecule has 2 atom stereocenters. The highest BCUT2D eigenvalue weighted by atomic mass is 79.9. The summed E-state index contributed by atoms with van der Waals surface area (Å²) in [5.74, 6) is -0.184. The molecule has 0 radical (unpaired) electrons. The summed E-state index contributed by atoms with van der Waals surface area (Å²) in [5.41, 5.74) is 1.97. The minimum absolute atomic E-state index is 0.109. The van der Waals surface area contributed by atoms with Gasteiger partial charge in [-0.25, -0.2) is 9.59 Å². The lowest BCUT2D eigenvalue weighted by molar-refractivity contribution is -0.131. The van der Waals surface area contributed by atoms with Gasteiger partial charge in [0.15, 0.2) is 0 Å². The van der Waals surface area contributed by atoms with E-state index in [0.717, 1.165) is 10.0 Å². The van der Waals surface area contributed by atoms with E-state index in [4.69, 9.17) is 26.2 Å². The van der Waals surface area contributed by atoms with Gasteiger partial charge in [0, 0.05) is 11.0 Å². The van der Waals surface area contributed by atoms with E-state index in [9.17, 15) is 14.4 Å². The van der Waals surface area contributed by atoms with Crippen LogP contribution in [0.1, 0.15) is 22.3 Å². The highest BCUT2D eigenvalue weighted by Crippen LogP contribution is 2.29. The molecule has 0 aliphatic carbocycles. The van der Waals surface area contributed by atoms with E-state index in [-0.39, 0.29) is 35.9 Å². The molecular formula is C28H27BrClN3O6. The molecule has 3 aromatic carbocycles. The Hall–Kier alpha value is -3.76. The second kappa shape index (κ2) is 12.9. The minimum Gasteiger partial charge on any atom is -0.495 e. The summed E-state index contributed by atoms with van der Waals surface area (Å²) >= 11 is 9.78. The van der Waals surface area contributed by atoms with Crippen molar-refractivity contribution >= 4 is 56.8 Å². The van der Waals surface area contributed by atoms with Crippen LogP contribution in [0.25, 0.3) is 0 Å². The maximum absolute atomic E-state index is 13.2. The first-order chi connectivity index (χ1) is 18.7. The largest absolute Gasteiger partial charge is 0.495 e. The molecule has 0 saturated carbocycles. The Bertz CT molecular complexity index is 1350. The molecule has 9 nitrogen and oxygen atoms in total. The van der Waals surface area contributed by atoms with Gasteiger partial charge in [-0.1, -0.05) is 18.2 Å². The Labute approximate surface area is 239 Å². The number of amides is 3. The number of nitrogens with zero attached hydrogens (tertiary/aromatic N) is 1. The third-order valence-corrected chi connectivity index (χ3v) is 7.23. The van der Waals surface area contributed by atoms with Gasteiger partial charge in [-0.2, -0.15) is 0 Å². The summed E-state index contributed by atoms with van der Waals surface area (Å²) in [5, 5.41) is 14.4. The van der Waals surface area contributed by atoms with Crippen LogP contribution in [0.5, 0.6) is 11.5 Å². The van der Waals surface area contributed by atoms with Crippen LogP contribution in [0.3, 0.4) is 0 Å². The van der Waals surface area contributed by atoms with Crippen LogP contribution in [0, 0.1) is 0 Å². The number of urea groups is 1. The van der Waals surface area contributed by atoms with Gasteiger partial charge in [-0.05, 0) is 76.4 Å². The number of halogens is 2. The molecule has 1 heterocycles. The number of carboxylic acid groups (broad SMARTS) is 1. The van der Waals surface area contributed by atoms with Crippen molar-refractivity contribution in [1.29, 1.82) is 0 Å². The van der Waals surface area contributed by atoms with Crippen molar-refractivity contribution in [3.05, 3.63) is 82.3 Å². The maximum Gasteiger partial charge on any atom is 0.335 e. The lowest BCUT2D eigenvalue weighted by Crippen LogP contribution is -2.40. The first-order valence-corrected chi connectivity index (χ1v) is 13.4. The number of para-hydroxylation sites is 1. The first-order valence-electron chi connectivity index (χ1n) is 12.1. The Kier molecular flexibility index (Phi) is 9.32. The van der Waals surface area contributed by atoms with Crippen molar-refractivity contribution in [3.63, 3.8) is 0 Å². The zero-order valence-corrected chi connectivity index (χ0v) is 23.4. The Morgan fingerprint density at radius 1 is 1.05 bits per heavy atom. The molecule has 0 aromatic heterocycles. The number of nitrogens with one attached hydrogen (secondary N) is 2. The van der Waals surface area contributed by atoms with Gasteiger partial charge in [0.25, 0.3) is 0 Å². The number of anilines is 2. The fraction of sp³-hybridized carbons (Fsp3) is 0.250. The van der Waals surface area contributed by atoms with Gasteiger partial charge < -0.3 is 30.1 Å². The smallest absolute Gasteiger partial charge is 0.335 e. The van der Waals surface area contributed by atoms with E-state index in [2.05, 4.69) is 26.6 Å². The fourth-order valence-corrected chi connectivity index (χ4v) is 5.01. The van der Waals surface area contributed by atoms with Crippen LogP contribution < -0.4 is 20.1 Å². The summed E-state index contributed by atoms with van der Waals surface area (Å²) in [4.78, 5) is 38.5. The number of ether oxygens (including phenoxy) is 2. The van der Waals surface area contributed by atoms with Crippen LogP contribution in [-0.2, 0) is 11.2 Å². The fourth-order valence-electron chi connectivity index (χ4n) is 4.27.